The van der Waals surface area contributed by atoms with E-state index in [-0.39, 0.29) is 18.5 Å². The van der Waals surface area contributed by atoms with Gasteiger partial charge in [0.15, 0.2) is 5.96 Å². The number of halogens is 2. The highest BCUT2D eigenvalue weighted by Gasteiger charge is 2.17. The van der Waals surface area contributed by atoms with Gasteiger partial charge in [0.2, 0.25) is 5.91 Å². The number of carbonyl (C=O) groups excluding carboxylic acids is 1. The Bertz CT molecular complexity index is 600. The topological polar surface area (TPSA) is 56.7 Å². The van der Waals surface area contributed by atoms with Crippen molar-refractivity contribution in [3.63, 3.8) is 0 Å². The Labute approximate surface area is 153 Å². The first-order valence-electron chi connectivity index (χ1n) is 8.21. The van der Waals surface area contributed by atoms with Crippen LogP contribution in [0.4, 0.5) is 0 Å². The number of guanidine groups is 1. The summed E-state index contributed by atoms with van der Waals surface area (Å²) in [5.41, 5.74) is 0.923. The van der Waals surface area contributed by atoms with Gasteiger partial charge in [0.05, 0.1) is 12.6 Å². The minimum absolute atomic E-state index is 0.0638. The largest absolute Gasteiger partial charge is 0.350 e. The summed E-state index contributed by atoms with van der Waals surface area (Å²) in [6, 6.07) is 5.34. The van der Waals surface area contributed by atoms with Crippen LogP contribution in [0.1, 0.15) is 37.8 Å². The van der Waals surface area contributed by atoms with Crippen molar-refractivity contribution >= 4 is 35.1 Å². The van der Waals surface area contributed by atoms with Crippen molar-refractivity contribution in [1.29, 1.82) is 0 Å². The second kappa shape index (κ2) is 9.14. The van der Waals surface area contributed by atoms with Crippen molar-refractivity contribution < 1.29 is 4.79 Å². The van der Waals surface area contributed by atoms with Gasteiger partial charge < -0.3 is 15.5 Å². The lowest BCUT2D eigenvalue weighted by atomic mass is 10.1. The molecule has 0 bridgehead atoms. The molecule has 1 saturated heterocycles. The van der Waals surface area contributed by atoms with Crippen molar-refractivity contribution in [3.05, 3.63) is 33.8 Å². The van der Waals surface area contributed by atoms with Gasteiger partial charge >= 0.3 is 0 Å². The number of piperidine rings is 1. The van der Waals surface area contributed by atoms with Gasteiger partial charge in [-0.25, -0.2) is 0 Å². The summed E-state index contributed by atoms with van der Waals surface area (Å²) >= 11 is 12.2. The first-order chi connectivity index (χ1) is 11.5. The lowest BCUT2D eigenvalue weighted by Crippen LogP contribution is -2.46. The van der Waals surface area contributed by atoms with Crippen molar-refractivity contribution in [2.24, 2.45) is 4.99 Å². The maximum absolute atomic E-state index is 12.2. The third-order valence-electron chi connectivity index (χ3n) is 4.12. The van der Waals surface area contributed by atoms with Crippen molar-refractivity contribution in [2.45, 2.75) is 32.2 Å². The average Bonchev–Trinajstić information content (AvgIpc) is 2.58. The molecule has 132 valence electrons. The molecule has 1 heterocycles. The molecule has 0 radical (unpaired) electrons. The highest BCUT2D eigenvalue weighted by atomic mass is 35.5. The van der Waals surface area contributed by atoms with Crippen LogP contribution < -0.4 is 10.6 Å². The molecule has 1 amide bonds. The van der Waals surface area contributed by atoms with Crippen LogP contribution in [-0.2, 0) is 4.79 Å². The Kier molecular flexibility index (Phi) is 7.18. The van der Waals surface area contributed by atoms with E-state index in [1.165, 1.54) is 6.42 Å². The predicted molar refractivity (Wildman–Crippen MR) is 99.8 cm³/mol. The van der Waals surface area contributed by atoms with Gasteiger partial charge in [-0.05, 0) is 43.9 Å². The van der Waals surface area contributed by atoms with Gasteiger partial charge in [-0.2, -0.15) is 0 Å². The standard InChI is InChI=1S/C17H24Cl2N4O/c1-12(14-7-6-13(18)10-15(14)19)22-17(20-2)21-11-16(24)23-8-4-3-5-9-23/h6-7,10,12H,3-5,8-9,11H2,1-2H3,(H2,20,21,22). The second-order valence-corrected chi connectivity index (χ2v) is 6.74. The minimum atomic E-state index is -0.0638. The van der Waals surface area contributed by atoms with E-state index in [0.717, 1.165) is 31.5 Å². The van der Waals surface area contributed by atoms with E-state index in [1.54, 1.807) is 19.2 Å². The van der Waals surface area contributed by atoms with Crippen LogP contribution in [0.2, 0.25) is 10.0 Å². The summed E-state index contributed by atoms with van der Waals surface area (Å²) in [6.07, 6.45) is 3.38. The lowest BCUT2D eigenvalue weighted by Gasteiger charge is -2.27. The number of nitrogens with zero attached hydrogens (tertiary/aromatic N) is 2. The quantitative estimate of drug-likeness (QED) is 0.631. The molecule has 7 heteroatoms. The number of benzene rings is 1. The van der Waals surface area contributed by atoms with Crippen molar-refractivity contribution in [3.8, 4) is 0 Å². The number of aliphatic imine (C=N–C) groups is 1. The molecule has 0 aromatic heterocycles. The number of carbonyl (C=O) groups is 1. The Morgan fingerprint density at radius 3 is 2.62 bits per heavy atom. The molecule has 5 nitrogen and oxygen atoms in total. The molecule has 1 aliphatic heterocycles. The monoisotopic (exact) mass is 370 g/mol. The van der Waals surface area contributed by atoms with Gasteiger partial charge in [-0.3, -0.25) is 9.79 Å². The first kappa shape index (κ1) is 18.9. The third-order valence-corrected chi connectivity index (χ3v) is 4.68. The Morgan fingerprint density at radius 1 is 1.29 bits per heavy atom. The highest BCUT2D eigenvalue weighted by molar-refractivity contribution is 6.35. The van der Waals surface area contributed by atoms with Crippen LogP contribution in [0.5, 0.6) is 0 Å². The number of likely N-dealkylation sites (tertiary alicyclic amines) is 1. The number of hydrogen-bond donors (Lipinski definition) is 2. The van der Waals surface area contributed by atoms with Crippen LogP contribution in [0.3, 0.4) is 0 Å². The smallest absolute Gasteiger partial charge is 0.241 e. The van der Waals surface area contributed by atoms with Crippen LogP contribution in [0.25, 0.3) is 0 Å². The molecule has 1 aromatic carbocycles. The van der Waals surface area contributed by atoms with Crippen LogP contribution in [-0.4, -0.2) is 43.4 Å². The van der Waals surface area contributed by atoms with E-state index in [1.807, 2.05) is 17.9 Å². The van der Waals surface area contributed by atoms with E-state index in [9.17, 15) is 4.79 Å². The molecular formula is C17H24Cl2N4O. The van der Waals surface area contributed by atoms with E-state index >= 15 is 0 Å². The fraction of sp³-hybridized carbons (Fsp3) is 0.529. The summed E-state index contributed by atoms with van der Waals surface area (Å²) in [6.45, 7) is 3.92. The number of hydrogen-bond acceptors (Lipinski definition) is 2. The summed E-state index contributed by atoms with van der Waals surface area (Å²) in [5, 5.41) is 7.52. The second-order valence-electron chi connectivity index (χ2n) is 5.90. The molecule has 1 atom stereocenters. The van der Waals surface area contributed by atoms with Crippen LogP contribution >= 0.6 is 23.2 Å². The summed E-state index contributed by atoms with van der Waals surface area (Å²) in [4.78, 5) is 18.3. The summed E-state index contributed by atoms with van der Waals surface area (Å²) in [5.74, 6) is 0.675. The molecule has 24 heavy (non-hydrogen) atoms. The molecule has 0 aliphatic carbocycles. The molecule has 1 fully saturated rings. The van der Waals surface area contributed by atoms with E-state index in [2.05, 4.69) is 15.6 Å². The molecule has 1 aromatic rings. The molecule has 0 saturated carbocycles. The Morgan fingerprint density at radius 2 is 2.00 bits per heavy atom. The normalized spacial score (nSPS) is 16.7. The molecule has 2 rings (SSSR count). The van der Waals surface area contributed by atoms with Gasteiger partial charge in [-0.15, -0.1) is 0 Å². The van der Waals surface area contributed by atoms with Gasteiger partial charge in [-0.1, -0.05) is 29.3 Å². The van der Waals surface area contributed by atoms with E-state index in [4.69, 9.17) is 23.2 Å². The Hall–Kier alpha value is -1.46. The fourth-order valence-electron chi connectivity index (χ4n) is 2.74. The lowest BCUT2D eigenvalue weighted by molar-refractivity contribution is -0.130. The zero-order chi connectivity index (χ0) is 17.5. The van der Waals surface area contributed by atoms with Crippen molar-refractivity contribution in [1.82, 2.24) is 15.5 Å². The molecule has 0 spiro atoms. The first-order valence-corrected chi connectivity index (χ1v) is 8.96. The molecule has 1 aliphatic rings. The van der Waals surface area contributed by atoms with Crippen LogP contribution in [0.15, 0.2) is 23.2 Å². The van der Waals surface area contributed by atoms with Gasteiger partial charge in [0.25, 0.3) is 0 Å². The van der Waals surface area contributed by atoms with Gasteiger partial charge in [0, 0.05) is 30.2 Å². The predicted octanol–water partition coefficient (Wildman–Crippen LogP) is 3.23. The maximum Gasteiger partial charge on any atom is 0.241 e. The van der Waals surface area contributed by atoms with Crippen molar-refractivity contribution in [2.75, 3.05) is 26.7 Å². The van der Waals surface area contributed by atoms with Gasteiger partial charge in [0.1, 0.15) is 0 Å². The fourth-order valence-corrected chi connectivity index (χ4v) is 3.32. The number of nitrogens with one attached hydrogen (secondary N) is 2. The number of amides is 1. The number of rotatable bonds is 4. The van der Waals surface area contributed by atoms with E-state index < -0.39 is 0 Å². The van der Waals surface area contributed by atoms with Crippen LogP contribution in [0, 0.1) is 0 Å². The summed E-state index contributed by atoms with van der Waals surface area (Å²) < 4.78 is 0. The zero-order valence-electron chi connectivity index (χ0n) is 14.1. The van der Waals surface area contributed by atoms with E-state index in [0.29, 0.717) is 16.0 Å². The molecule has 2 N–H and O–H groups in total. The molecular weight excluding hydrogens is 347 g/mol. The Balaban J connectivity index is 1.88. The minimum Gasteiger partial charge on any atom is -0.350 e. The molecule has 1 unspecified atom stereocenters. The summed E-state index contributed by atoms with van der Waals surface area (Å²) in [7, 11) is 1.68. The third kappa shape index (κ3) is 5.28. The highest BCUT2D eigenvalue weighted by Crippen LogP contribution is 2.25. The average molecular weight is 371 g/mol. The maximum atomic E-state index is 12.2. The SMILES string of the molecule is CN=C(NCC(=O)N1CCCCC1)NC(C)c1ccc(Cl)cc1Cl. The zero-order valence-corrected chi connectivity index (χ0v) is 15.6.